The summed E-state index contributed by atoms with van der Waals surface area (Å²) in [6, 6.07) is -0.440. The highest BCUT2D eigenvalue weighted by molar-refractivity contribution is 5.96. The van der Waals surface area contributed by atoms with Crippen LogP contribution in [-0.2, 0) is 14.3 Å². The molecule has 1 aliphatic heterocycles. The normalized spacial score (nSPS) is 27.7. The number of likely N-dealkylation sites (tertiary alicyclic amines) is 1. The molecule has 1 atom stereocenters. The van der Waals surface area contributed by atoms with Gasteiger partial charge in [-0.15, -0.1) is 0 Å². The maximum Gasteiger partial charge on any atom is 0.324 e. The van der Waals surface area contributed by atoms with E-state index >= 15 is 0 Å². The lowest BCUT2D eigenvalue weighted by atomic mass is 9.84. The van der Waals surface area contributed by atoms with E-state index in [0.29, 0.717) is 6.54 Å². The van der Waals surface area contributed by atoms with E-state index in [2.05, 4.69) is 4.74 Å². The molecule has 1 rings (SSSR count). The highest BCUT2D eigenvalue weighted by Gasteiger charge is 2.50. The number of carbonyl (C=O) groups is 2. The Balaban J connectivity index is 2.95. The summed E-state index contributed by atoms with van der Waals surface area (Å²) in [6.07, 6.45) is 0. The number of likely N-dealkylation sites (N-methyl/N-ethyl adjacent to an activating group) is 1. The zero-order valence-corrected chi connectivity index (χ0v) is 8.46. The molecule has 74 valence electrons. The number of hydrogen-bond donors (Lipinski definition) is 0. The number of nitrogens with zero attached hydrogens (tertiary/aromatic N) is 1. The minimum absolute atomic E-state index is 0.0883. The summed E-state index contributed by atoms with van der Waals surface area (Å²) in [7, 11) is 3.10. The highest BCUT2D eigenvalue weighted by Crippen LogP contribution is 2.32. The van der Waals surface area contributed by atoms with Crippen LogP contribution in [0.1, 0.15) is 13.8 Å². The molecule has 4 nitrogen and oxygen atoms in total. The van der Waals surface area contributed by atoms with Gasteiger partial charge in [-0.05, 0) is 7.05 Å². The molecule has 0 spiro atoms. The Kier molecular flexibility index (Phi) is 2.43. The van der Waals surface area contributed by atoms with Gasteiger partial charge >= 0.3 is 5.97 Å². The maximum atomic E-state index is 11.5. The number of esters is 1. The van der Waals surface area contributed by atoms with Gasteiger partial charge in [0.05, 0.1) is 19.1 Å². The molecule has 13 heavy (non-hydrogen) atoms. The van der Waals surface area contributed by atoms with Gasteiger partial charge < -0.3 is 4.74 Å². The van der Waals surface area contributed by atoms with Gasteiger partial charge in [0.15, 0.2) is 5.78 Å². The zero-order chi connectivity index (χ0) is 10.2. The zero-order valence-electron chi connectivity index (χ0n) is 8.46. The minimum Gasteiger partial charge on any atom is -0.468 e. The van der Waals surface area contributed by atoms with Crippen LogP contribution >= 0.6 is 0 Å². The first-order valence-electron chi connectivity index (χ1n) is 4.22. The van der Waals surface area contributed by atoms with Crippen molar-refractivity contribution in [1.29, 1.82) is 0 Å². The van der Waals surface area contributed by atoms with E-state index in [1.165, 1.54) is 7.11 Å². The third-order valence-corrected chi connectivity index (χ3v) is 2.66. The van der Waals surface area contributed by atoms with Crippen LogP contribution < -0.4 is 0 Å². The van der Waals surface area contributed by atoms with Crippen molar-refractivity contribution in [2.45, 2.75) is 19.9 Å². The summed E-state index contributed by atoms with van der Waals surface area (Å²) >= 11 is 0. The van der Waals surface area contributed by atoms with Crippen LogP contribution in [0.5, 0.6) is 0 Å². The third-order valence-electron chi connectivity index (χ3n) is 2.66. The van der Waals surface area contributed by atoms with Crippen molar-refractivity contribution in [3.05, 3.63) is 0 Å². The van der Waals surface area contributed by atoms with Crippen LogP contribution in [0, 0.1) is 5.41 Å². The number of ketones is 1. The number of Topliss-reactive ketones (excluding diaryl/α,β-unsaturated/α-hetero) is 1. The van der Waals surface area contributed by atoms with Crippen LogP contribution in [0.4, 0.5) is 0 Å². The van der Waals surface area contributed by atoms with Gasteiger partial charge in [0, 0.05) is 0 Å². The smallest absolute Gasteiger partial charge is 0.324 e. The van der Waals surface area contributed by atoms with Crippen molar-refractivity contribution in [3.63, 3.8) is 0 Å². The molecule has 0 aromatic heterocycles. The first kappa shape index (κ1) is 10.2. The average molecular weight is 185 g/mol. The molecule has 0 N–H and O–H groups in total. The van der Waals surface area contributed by atoms with Gasteiger partial charge in [0.1, 0.15) is 6.04 Å². The monoisotopic (exact) mass is 185 g/mol. The maximum absolute atomic E-state index is 11.5. The van der Waals surface area contributed by atoms with Gasteiger partial charge in [-0.1, -0.05) is 13.8 Å². The van der Waals surface area contributed by atoms with Gasteiger partial charge in [0.2, 0.25) is 0 Å². The first-order chi connectivity index (χ1) is 5.91. The number of hydrogen-bond acceptors (Lipinski definition) is 4. The van der Waals surface area contributed by atoms with Crippen LogP contribution in [0.3, 0.4) is 0 Å². The Morgan fingerprint density at radius 3 is 2.46 bits per heavy atom. The predicted octanol–water partition coefficient (Wildman–Crippen LogP) is 0.0687. The molecular formula is C9H15NO3. The average Bonchev–Trinajstić information content (AvgIpc) is 2.21. The van der Waals surface area contributed by atoms with Crippen molar-refractivity contribution in [2.75, 3.05) is 20.7 Å². The standard InChI is InChI=1S/C9H15NO3/c1-9(2)6(11)5-10(3)7(9)8(12)13-4/h7H,5H2,1-4H3. The molecule has 0 aromatic carbocycles. The highest BCUT2D eigenvalue weighted by atomic mass is 16.5. The molecule has 1 aliphatic rings. The topological polar surface area (TPSA) is 46.6 Å². The fraction of sp³-hybridized carbons (Fsp3) is 0.778. The second kappa shape index (κ2) is 3.10. The largest absolute Gasteiger partial charge is 0.468 e. The fourth-order valence-electron chi connectivity index (χ4n) is 1.81. The second-order valence-corrected chi connectivity index (χ2v) is 3.99. The van der Waals surface area contributed by atoms with Crippen molar-refractivity contribution < 1.29 is 14.3 Å². The summed E-state index contributed by atoms with van der Waals surface area (Å²) in [6.45, 7) is 3.88. The van der Waals surface area contributed by atoms with E-state index in [-0.39, 0.29) is 11.8 Å². The molecule has 4 heteroatoms. The Morgan fingerprint density at radius 1 is 1.62 bits per heavy atom. The molecule has 0 aromatic rings. The van der Waals surface area contributed by atoms with Crippen LogP contribution in [0.2, 0.25) is 0 Å². The van der Waals surface area contributed by atoms with E-state index in [1.54, 1.807) is 25.8 Å². The molecule has 1 unspecified atom stereocenters. The van der Waals surface area contributed by atoms with Crippen LogP contribution in [-0.4, -0.2) is 43.4 Å². The van der Waals surface area contributed by atoms with Gasteiger partial charge in [-0.25, -0.2) is 0 Å². The third kappa shape index (κ3) is 1.46. The quantitative estimate of drug-likeness (QED) is 0.542. The van der Waals surface area contributed by atoms with E-state index in [9.17, 15) is 9.59 Å². The number of carbonyl (C=O) groups excluding carboxylic acids is 2. The molecule has 1 heterocycles. The molecule has 1 saturated heterocycles. The van der Waals surface area contributed by atoms with Crippen molar-refractivity contribution in [1.82, 2.24) is 4.90 Å². The summed E-state index contributed by atoms with van der Waals surface area (Å²) < 4.78 is 4.66. The van der Waals surface area contributed by atoms with E-state index in [0.717, 1.165) is 0 Å². The Hall–Kier alpha value is -0.900. The number of ether oxygens (including phenoxy) is 1. The van der Waals surface area contributed by atoms with Crippen LogP contribution in [0.15, 0.2) is 0 Å². The Labute approximate surface area is 77.8 Å². The predicted molar refractivity (Wildman–Crippen MR) is 47.2 cm³/mol. The summed E-state index contributed by atoms with van der Waals surface area (Å²) in [5.74, 6) is -0.247. The lowest BCUT2D eigenvalue weighted by molar-refractivity contribution is -0.149. The van der Waals surface area contributed by atoms with Crippen LogP contribution in [0.25, 0.3) is 0 Å². The Morgan fingerprint density at radius 2 is 2.15 bits per heavy atom. The van der Waals surface area contributed by atoms with Gasteiger partial charge in [-0.3, -0.25) is 14.5 Å². The van der Waals surface area contributed by atoms with E-state index in [4.69, 9.17) is 0 Å². The summed E-state index contributed by atoms with van der Waals surface area (Å²) in [4.78, 5) is 24.6. The fourth-order valence-corrected chi connectivity index (χ4v) is 1.81. The SMILES string of the molecule is COC(=O)C1N(C)CC(=O)C1(C)C. The van der Waals surface area contributed by atoms with Gasteiger partial charge in [-0.2, -0.15) is 0 Å². The van der Waals surface area contributed by atoms with Gasteiger partial charge in [0.25, 0.3) is 0 Å². The number of methoxy groups -OCH3 is 1. The molecule has 0 amide bonds. The molecule has 0 saturated carbocycles. The Bertz CT molecular complexity index is 247. The first-order valence-corrected chi connectivity index (χ1v) is 4.22. The molecular weight excluding hydrogens is 170 g/mol. The van der Waals surface area contributed by atoms with E-state index in [1.807, 2.05) is 0 Å². The lowest BCUT2D eigenvalue weighted by Crippen LogP contribution is -2.43. The minimum atomic E-state index is -0.623. The summed E-state index contributed by atoms with van der Waals surface area (Å²) in [5.41, 5.74) is -0.623. The van der Waals surface area contributed by atoms with E-state index < -0.39 is 11.5 Å². The molecule has 1 fully saturated rings. The molecule has 0 aliphatic carbocycles. The van der Waals surface area contributed by atoms with Crippen molar-refractivity contribution in [3.8, 4) is 0 Å². The molecule has 0 bridgehead atoms. The number of rotatable bonds is 1. The van der Waals surface area contributed by atoms with Crippen molar-refractivity contribution >= 4 is 11.8 Å². The molecule has 0 radical (unpaired) electrons. The van der Waals surface area contributed by atoms with Crippen molar-refractivity contribution in [2.24, 2.45) is 5.41 Å². The summed E-state index contributed by atoms with van der Waals surface area (Å²) in [5, 5.41) is 0. The lowest BCUT2D eigenvalue weighted by Gasteiger charge is -2.25. The second-order valence-electron chi connectivity index (χ2n) is 3.99.